The summed E-state index contributed by atoms with van der Waals surface area (Å²) in [7, 11) is 0. The number of hydrogen-bond acceptors (Lipinski definition) is 2. The predicted octanol–water partition coefficient (Wildman–Crippen LogP) is 4.78. The molecule has 1 N–H and O–H groups in total. The predicted molar refractivity (Wildman–Crippen MR) is 80.4 cm³/mol. The number of hydrogen-bond donors (Lipinski definition) is 1. The van der Waals surface area contributed by atoms with Crippen molar-refractivity contribution in [2.45, 2.75) is 6.54 Å². The van der Waals surface area contributed by atoms with E-state index in [9.17, 15) is 8.78 Å². The highest BCUT2D eigenvalue weighted by atomic mass is 35.5. The SMILES string of the molecule is Fc1cccc(CNc2ccc(Cl)c3cccnc23)c1F. The van der Waals surface area contributed by atoms with E-state index < -0.39 is 11.6 Å². The molecule has 0 radical (unpaired) electrons. The molecule has 2 nitrogen and oxygen atoms in total. The first-order valence-corrected chi connectivity index (χ1v) is 6.74. The molecule has 21 heavy (non-hydrogen) atoms. The minimum Gasteiger partial charge on any atom is -0.379 e. The maximum absolute atomic E-state index is 13.6. The fourth-order valence-electron chi connectivity index (χ4n) is 2.16. The van der Waals surface area contributed by atoms with Crippen LogP contribution in [0.4, 0.5) is 14.5 Å². The molecule has 0 aliphatic carbocycles. The van der Waals surface area contributed by atoms with Crippen LogP contribution in [0.5, 0.6) is 0 Å². The van der Waals surface area contributed by atoms with E-state index in [1.165, 1.54) is 12.1 Å². The molecule has 0 unspecified atom stereocenters. The molecule has 0 aliphatic heterocycles. The Morgan fingerprint density at radius 2 is 1.90 bits per heavy atom. The fourth-order valence-corrected chi connectivity index (χ4v) is 2.37. The lowest BCUT2D eigenvalue weighted by molar-refractivity contribution is 0.500. The molecule has 5 heteroatoms. The lowest BCUT2D eigenvalue weighted by atomic mass is 10.1. The smallest absolute Gasteiger partial charge is 0.163 e. The van der Waals surface area contributed by atoms with Crippen LogP contribution in [-0.2, 0) is 6.54 Å². The van der Waals surface area contributed by atoms with Gasteiger partial charge in [0.25, 0.3) is 0 Å². The van der Waals surface area contributed by atoms with Gasteiger partial charge in [0.05, 0.1) is 16.2 Å². The summed E-state index contributed by atoms with van der Waals surface area (Å²) in [5.41, 5.74) is 1.68. The summed E-state index contributed by atoms with van der Waals surface area (Å²) < 4.78 is 26.8. The van der Waals surface area contributed by atoms with Gasteiger partial charge >= 0.3 is 0 Å². The van der Waals surface area contributed by atoms with Gasteiger partial charge in [-0.1, -0.05) is 23.7 Å². The summed E-state index contributed by atoms with van der Waals surface area (Å²) in [4.78, 5) is 4.28. The first kappa shape index (κ1) is 13.8. The highest BCUT2D eigenvalue weighted by Gasteiger charge is 2.09. The van der Waals surface area contributed by atoms with E-state index in [1.807, 2.05) is 6.07 Å². The normalized spacial score (nSPS) is 10.8. The van der Waals surface area contributed by atoms with E-state index in [-0.39, 0.29) is 12.1 Å². The minimum absolute atomic E-state index is 0.164. The Morgan fingerprint density at radius 1 is 1.05 bits per heavy atom. The molecular weight excluding hydrogens is 294 g/mol. The first-order valence-electron chi connectivity index (χ1n) is 6.37. The molecule has 0 aliphatic rings. The third-order valence-corrected chi connectivity index (χ3v) is 3.55. The summed E-state index contributed by atoms with van der Waals surface area (Å²) in [6, 6.07) is 11.3. The van der Waals surface area contributed by atoms with Crippen LogP contribution in [0.2, 0.25) is 5.02 Å². The van der Waals surface area contributed by atoms with Crippen LogP contribution in [0.15, 0.2) is 48.7 Å². The van der Waals surface area contributed by atoms with Gasteiger partial charge in [0.2, 0.25) is 0 Å². The number of pyridine rings is 1. The zero-order chi connectivity index (χ0) is 14.8. The third kappa shape index (κ3) is 2.67. The highest BCUT2D eigenvalue weighted by Crippen LogP contribution is 2.28. The number of benzene rings is 2. The van der Waals surface area contributed by atoms with Crippen LogP contribution >= 0.6 is 11.6 Å². The van der Waals surface area contributed by atoms with Crippen molar-refractivity contribution < 1.29 is 8.78 Å². The van der Waals surface area contributed by atoms with Crippen LogP contribution < -0.4 is 5.32 Å². The number of rotatable bonds is 3. The van der Waals surface area contributed by atoms with Gasteiger partial charge in [-0.25, -0.2) is 8.78 Å². The van der Waals surface area contributed by atoms with Crippen LogP contribution in [0.1, 0.15) is 5.56 Å². The largest absolute Gasteiger partial charge is 0.379 e. The molecular formula is C16H11ClF2N2. The van der Waals surface area contributed by atoms with Crippen molar-refractivity contribution in [3.05, 3.63) is 70.9 Å². The molecule has 0 spiro atoms. The molecule has 3 aromatic rings. The van der Waals surface area contributed by atoms with Crippen LogP contribution in [0, 0.1) is 11.6 Å². The van der Waals surface area contributed by atoms with E-state index in [2.05, 4.69) is 10.3 Å². The molecule has 0 saturated heterocycles. The first-order chi connectivity index (χ1) is 10.2. The van der Waals surface area contributed by atoms with Gasteiger partial charge in [-0.15, -0.1) is 0 Å². The Kier molecular flexibility index (Phi) is 3.71. The fraction of sp³-hybridized carbons (Fsp3) is 0.0625. The van der Waals surface area contributed by atoms with Crippen molar-refractivity contribution in [3.8, 4) is 0 Å². The molecule has 1 heterocycles. The molecule has 2 aromatic carbocycles. The molecule has 0 bridgehead atoms. The van der Waals surface area contributed by atoms with E-state index in [4.69, 9.17) is 11.6 Å². The molecule has 106 valence electrons. The summed E-state index contributed by atoms with van der Waals surface area (Å²) in [6.45, 7) is 0.164. The molecule has 0 saturated carbocycles. The maximum Gasteiger partial charge on any atom is 0.163 e. The molecule has 0 fully saturated rings. The van der Waals surface area contributed by atoms with Gasteiger partial charge in [0.1, 0.15) is 0 Å². The third-order valence-electron chi connectivity index (χ3n) is 3.22. The second-order valence-electron chi connectivity index (χ2n) is 4.56. The Morgan fingerprint density at radius 3 is 2.76 bits per heavy atom. The Hall–Kier alpha value is -2.20. The van der Waals surface area contributed by atoms with Crippen molar-refractivity contribution >= 4 is 28.2 Å². The summed E-state index contributed by atoms with van der Waals surface area (Å²) in [5, 5.41) is 4.48. The van der Waals surface area contributed by atoms with Gasteiger partial charge < -0.3 is 5.32 Å². The second kappa shape index (κ2) is 5.66. The number of anilines is 1. The van der Waals surface area contributed by atoms with Crippen LogP contribution in [0.25, 0.3) is 10.9 Å². The lowest BCUT2D eigenvalue weighted by Crippen LogP contribution is -2.04. The van der Waals surface area contributed by atoms with Gasteiger partial charge in [0, 0.05) is 23.7 Å². The zero-order valence-electron chi connectivity index (χ0n) is 10.9. The maximum atomic E-state index is 13.6. The van der Waals surface area contributed by atoms with Crippen molar-refractivity contribution in [2.24, 2.45) is 0 Å². The van der Waals surface area contributed by atoms with Crippen LogP contribution in [-0.4, -0.2) is 4.98 Å². The number of fused-ring (bicyclic) bond motifs is 1. The van der Waals surface area contributed by atoms with Crippen molar-refractivity contribution in [1.82, 2.24) is 4.98 Å². The quantitative estimate of drug-likeness (QED) is 0.753. The monoisotopic (exact) mass is 304 g/mol. The molecule has 3 rings (SSSR count). The molecule has 0 amide bonds. The van der Waals surface area contributed by atoms with Crippen molar-refractivity contribution in [1.29, 1.82) is 0 Å². The van der Waals surface area contributed by atoms with Gasteiger partial charge in [-0.05, 0) is 30.3 Å². The van der Waals surface area contributed by atoms with Gasteiger partial charge in [-0.2, -0.15) is 0 Å². The summed E-state index contributed by atoms with van der Waals surface area (Å²) in [6.07, 6.45) is 1.66. The second-order valence-corrected chi connectivity index (χ2v) is 4.97. The van der Waals surface area contributed by atoms with E-state index in [0.29, 0.717) is 10.5 Å². The number of nitrogens with one attached hydrogen (secondary N) is 1. The van der Waals surface area contributed by atoms with Gasteiger partial charge in [-0.3, -0.25) is 4.98 Å². The van der Waals surface area contributed by atoms with Crippen LogP contribution in [0.3, 0.4) is 0 Å². The van der Waals surface area contributed by atoms with Gasteiger partial charge in [0.15, 0.2) is 11.6 Å². The summed E-state index contributed by atoms with van der Waals surface area (Å²) >= 11 is 6.11. The Bertz CT molecular complexity index is 805. The lowest BCUT2D eigenvalue weighted by Gasteiger charge is -2.11. The van der Waals surface area contributed by atoms with Crippen molar-refractivity contribution in [2.75, 3.05) is 5.32 Å². The topological polar surface area (TPSA) is 24.9 Å². The number of nitrogens with zero attached hydrogens (tertiary/aromatic N) is 1. The summed E-state index contributed by atoms with van der Waals surface area (Å²) in [5.74, 6) is -1.69. The average molecular weight is 305 g/mol. The molecule has 0 atom stereocenters. The highest BCUT2D eigenvalue weighted by molar-refractivity contribution is 6.35. The Balaban J connectivity index is 1.92. The number of halogens is 3. The standard InChI is InChI=1S/C16H11ClF2N2/c17-12-6-7-14(16-11(12)4-2-8-20-16)21-9-10-3-1-5-13(18)15(10)19/h1-8,21H,9H2. The zero-order valence-corrected chi connectivity index (χ0v) is 11.7. The minimum atomic E-state index is -0.853. The van der Waals surface area contributed by atoms with Crippen molar-refractivity contribution in [3.63, 3.8) is 0 Å². The van der Waals surface area contributed by atoms with E-state index >= 15 is 0 Å². The molecule has 1 aromatic heterocycles. The van der Waals surface area contributed by atoms with E-state index in [1.54, 1.807) is 24.4 Å². The average Bonchev–Trinajstić information content (AvgIpc) is 2.51. The Labute approximate surface area is 125 Å². The van der Waals surface area contributed by atoms with E-state index in [0.717, 1.165) is 17.1 Å². The number of aromatic nitrogens is 1.